The minimum Gasteiger partial charge on any atom is -0.493 e. The predicted molar refractivity (Wildman–Crippen MR) is 169 cm³/mol. The molecule has 2 heterocycles. The van der Waals surface area contributed by atoms with Crippen LogP contribution in [0, 0.1) is 5.41 Å². The van der Waals surface area contributed by atoms with E-state index in [1.807, 2.05) is 13.8 Å². The second-order valence-corrected chi connectivity index (χ2v) is 13.3. The van der Waals surface area contributed by atoms with Crippen LogP contribution >= 0.6 is 23.4 Å². The fourth-order valence-corrected chi connectivity index (χ4v) is 6.80. The van der Waals surface area contributed by atoms with Crippen molar-refractivity contribution in [2.24, 2.45) is 5.41 Å². The third-order valence-corrected chi connectivity index (χ3v) is 9.32. The van der Waals surface area contributed by atoms with Crippen LogP contribution in [0.4, 0.5) is 5.69 Å². The minimum absolute atomic E-state index is 0.0252. The van der Waals surface area contributed by atoms with Crippen LogP contribution in [0.2, 0.25) is 5.02 Å². The Hall–Kier alpha value is -3.52. The summed E-state index contributed by atoms with van der Waals surface area (Å²) >= 11 is 7.54. The predicted octanol–water partition coefficient (Wildman–Crippen LogP) is 3.74. The maximum absolute atomic E-state index is 14.4. The normalized spacial score (nSPS) is 23.1. The molecule has 45 heavy (non-hydrogen) atoms. The van der Waals surface area contributed by atoms with E-state index in [1.165, 1.54) is 26.0 Å². The lowest BCUT2D eigenvalue weighted by Crippen LogP contribution is -2.59. The number of ether oxygens (including phenoxy) is 4. The zero-order chi connectivity index (χ0) is 33.1. The van der Waals surface area contributed by atoms with Gasteiger partial charge in [-0.3, -0.25) is 14.4 Å². The Kier molecular flexibility index (Phi) is 10.6. The molecule has 0 radical (unpaired) electrons. The molecule has 2 aliphatic rings. The van der Waals surface area contributed by atoms with Crippen LogP contribution in [-0.2, 0) is 28.7 Å². The van der Waals surface area contributed by atoms with E-state index in [2.05, 4.69) is 10.6 Å². The number of anilines is 1. The van der Waals surface area contributed by atoms with Gasteiger partial charge in [0.15, 0.2) is 11.5 Å². The molecular weight excluding hydrogens is 626 g/mol. The summed E-state index contributed by atoms with van der Waals surface area (Å²) in [6.45, 7) is 6.78. The van der Waals surface area contributed by atoms with Gasteiger partial charge in [0.25, 0.3) is 5.91 Å². The molecule has 12 nitrogen and oxygen atoms in total. The van der Waals surface area contributed by atoms with Gasteiger partial charge in [-0.25, -0.2) is 4.79 Å². The maximum atomic E-state index is 14.4. The number of benzene rings is 2. The van der Waals surface area contributed by atoms with Gasteiger partial charge in [0.2, 0.25) is 10.8 Å². The lowest BCUT2D eigenvalue weighted by atomic mass is 9.92. The van der Waals surface area contributed by atoms with Gasteiger partial charge in [-0.15, -0.1) is 11.8 Å². The first kappa shape index (κ1) is 34.4. The average molecular weight is 664 g/mol. The zero-order valence-corrected chi connectivity index (χ0v) is 27.5. The molecule has 244 valence electrons. The number of para-hydroxylation sites is 1. The van der Waals surface area contributed by atoms with Crippen molar-refractivity contribution in [3.8, 4) is 11.5 Å². The fourth-order valence-electron chi connectivity index (χ4n) is 5.42. The van der Waals surface area contributed by atoms with E-state index in [4.69, 9.17) is 30.5 Å². The molecule has 2 aromatic rings. The number of amides is 2. The molecule has 0 aromatic heterocycles. The van der Waals surface area contributed by atoms with Crippen LogP contribution in [0.1, 0.15) is 51.3 Å². The number of fused-ring (bicyclic) bond motifs is 1. The Morgan fingerprint density at radius 3 is 2.53 bits per heavy atom. The van der Waals surface area contributed by atoms with E-state index in [9.17, 15) is 24.3 Å². The third-order valence-electron chi connectivity index (χ3n) is 7.69. The highest BCUT2D eigenvalue weighted by molar-refractivity contribution is 8.01. The highest BCUT2D eigenvalue weighted by atomic mass is 35.5. The summed E-state index contributed by atoms with van der Waals surface area (Å²) in [7, 11) is 2.98. The van der Waals surface area contributed by atoms with E-state index < -0.39 is 58.7 Å². The van der Waals surface area contributed by atoms with Gasteiger partial charge in [-0.2, -0.15) is 0 Å². The highest BCUT2D eigenvalue weighted by Gasteiger charge is 2.50. The Labute approximate surface area is 271 Å². The van der Waals surface area contributed by atoms with Crippen LogP contribution in [0.3, 0.4) is 0 Å². The van der Waals surface area contributed by atoms with Crippen molar-refractivity contribution in [2.45, 2.75) is 57.2 Å². The van der Waals surface area contributed by atoms with Crippen molar-refractivity contribution in [3.63, 3.8) is 0 Å². The summed E-state index contributed by atoms with van der Waals surface area (Å²) in [6.07, 6.45) is -2.80. The molecule has 2 aromatic carbocycles. The number of aliphatic carboxylic acids is 1. The third kappa shape index (κ3) is 7.32. The summed E-state index contributed by atoms with van der Waals surface area (Å²) in [5.74, 6) is -1.77. The molecule has 4 rings (SSSR count). The van der Waals surface area contributed by atoms with Gasteiger partial charge < -0.3 is 39.6 Å². The van der Waals surface area contributed by atoms with Crippen LogP contribution in [0.25, 0.3) is 0 Å². The first-order chi connectivity index (χ1) is 21.2. The molecule has 0 aliphatic carbocycles. The first-order valence-electron chi connectivity index (χ1n) is 14.2. The molecular formula is C31H38ClN3O9S. The van der Waals surface area contributed by atoms with Crippen molar-refractivity contribution in [3.05, 3.63) is 52.5 Å². The number of methoxy groups -OCH3 is 2. The fraction of sp³-hybridized carbons (Fsp3) is 0.484. The molecule has 0 saturated carbocycles. The molecule has 2 aliphatic heterocycles. The zero-order valence-electron chi connectivity index (χ0n) is 26.0. The molecule has 0 spiro atoms. The maximum Gasteiger partial charge on any atom is 0.341 e. The van der Waals surface area contributed by atoms with Crippen molar-refractivity contribution < 1.29 is 43.2 Å². The Morgan fingerprint density at radius 1 is 1.20 bits per heavy atom. The van der Waals surface area contributed by atoms with Gasteiger partial charge in [0.1, 0.15) is 12.2 Å². The Balaban J connectivity index is 1.82. The van der Waals surface area contributed by atoms with Gasteiger partial charge in [-0.1, -0.05) is 37.6 Å². The number of nitrogens with one attached hydrogen (secondary N) is 2. The smallest absolute Gasteiger partial charge is 0.341 e. The molecule has 0 bridgehead atoms. The molecule has 1 saturated heterocycles. The molecule has 1 fully saturated rings. The Morgan fingerprint density at radius 2 is 1.93 bits per heavy atom. The van der Waals surface area contributed by atoms with E-state index in [0.29, 0.717) is 39.2 Å². The van der Waals surface area contributed by atoms with E-state index >= 15 is 0 Å². The van der Waals surface area contributed by atoms with Crippen LogP contribution in [0.15, 0.2) is 36.4 Å². The average Bonchev–Trinajstić information content (AvgIpc) is 3.32. The molecule has 2 amide bonds. The number of hydrogen-bond donors (Lipinski definition) is 3. The number of rotatable bonds is 11. The summed E-state index contributed by atoms with van der Waals surface area (Å²) in [6, 6.07) is 9.69. The molecule has 2 unspecified atom stereocenters. The lowest BCUT2D eigenvalue weighted by molar-refractivity contribution is -0.145. The topological polar surface area (TPSA) is 153 Å². The standard InChI is InChI=1S/C31H38ClN3O9S/c1-17-31(29(39)40,45-16-33-17)34-25(37)13-24-28(38)35(14-30(3,4)15-43-18(2)36)22-11-10-19(32)12-21(22)26(44-24)20-8-7-9-23(41-5)27(20)42-6/h7-12,17,24,26,33H,13-16H2,1-6H3,(H,34,37)(H,39,40)/t17?,24-,26-,31?/m1/s1. The van der Waals surface area contributed by atoms with Gasteiger partial charge in [-0.05, 0) is 31.2 Å². The van der Waals surface area contributed by atoms with Gasteiger partial charge in [0, 0.05) is 52.6 Å². The number of hydrogen-bond acceptors (Lipinski definition) is 10. The number of carboxylic acids is 1. The number of nitrogens with zero attached hydrogens (tertiary/aromatic N) is 1. The monoisotopic (exact) mass is 663 g/mol. The quantitative estimate of drug-likeness (QED) is 0.302. The van der Waals surface area contributed by atoms with E-state index in [0.717, 1.165) is 11.8 Å². The second-order valence-electron chi connectivity index (χ2n) is 11.7. The SMILES string of the molecule is COc1cccc([C@H]2O[C@H](CC(=O)NC3(C(=O)O)SCNC3C)C(=O)N(CC(C)(C)COC(C)=O)c3ccc(Cl)cc32)c1OC. The summed E-state index contributed by atoms with van der Waals surface area (Å²) in [4.78, 5) is 51.7. The largest absolute Gasteiger partial charge is 0.493 e. The van der Waals surface area contributed by atoms with Crippen LogP contribution in [0.5, 0.6) is 11.5 Å². The van der Waals surface area contributed by atoms with Gasteiger partial charge >= 0.3 is 11.9 Å². The minimum atomic E-state index is -1.62. The molecule has 3 N–H and O–H groups in total. The molecule has 14 heteroatoms. The Bertz CT molecular complexity index is 1470. The number of carbonyl (C=O) groups excluding carboxylic acids is 3. The summed E-state index contributed by atoms with van der Waals surface area (Å²) < 4.78 is 23.1. The van der Waals surface area contributed by atoms with Crippen molar-refractivity contribution in [1.82, 2.24) is 10.6 Å². The van der Waals surface area contributed by atoms with Crippen LogP contribution < -0.4 is 25.0 Å². The highest BCUT2D eigenvalue weighted by Crippen LogP contribution is 2.46. The van der Waals surface area contributed by atoms with Crippen molar-refractivity contribution >= 4 is 52.8 Å². The van der Waals surface area contributed by atoms with E-state index in [1.54, 1.807) is 43.3 Å². The molecule has 4 atom stereocenters. The van der Waals surface area contributed by atoms with E-state index in [-0.39, 0.29) is 13.2 Å². The number of halogens is 1. The lowest BCUT2D eigenvalue weighted by Gasteiger charge is -2.33. The van der Waals surface area contributed by atoms with Crippen LogP contribution in [-0.4, -0.2) is 79.1 Å². The second kappa shape index (κ2) is 13.9. The summed E-state index contributed by atoms with van der Waals surface area (Å²) in [5, 5.41) is 16.1. The van der Waals surface area contributed by atoms with Gasteiger partial charge in [0.05, 0.1) is 27.2 Å². The van der Waals surface area contributed by atoms with Crippen molar-refractivity contribution in [2.75, 3.05) is 38.1 Å². The number of thioether (sulfide) groups is 1. The number of carbonyl (C=O) groups is 4. The summed E-state index contributed by atoms with van der Waals surface area (Å²) in [5.41, 5.74) is 0.808. The first-order valence-corrected chi connectivity index (χ1v) is 15.6. The van der Waals surface area contributed by atoms with Crippen molar-refractivity contribution in [1.29, 1.82) is 0 Å². The number of carboxylic acid groups (broad SMARTS) is 1. The number of esters is 1.